The summed E-state index contributed by atoms with van der Waals surface area (Å²) in [6.45, 7) is -3.17. The molecule has 0 aliphatic rings. The first-order chi connectivity index (χ1) is 7.47. The number of carbonyl (C=O) groups is 1. The topological polar surface area (TPSA) is 35.5 Å². The first kappa shape index (κ1) is 12.8. The molecule has 0 spiro atoms. The van der Waals surface area contributed by atoms with Gasteiger partial charge in [0.25, 0.3) is 0 Å². The summed E-state index contributed by atoms with van der Waals surface area (Å²) in [5.74, 6) is -2.66. The average Bonchev–Trinajstić information content (AvgIpc) is 2.22. The molecule has 16 heavy (non-hydrogen) atoms. The van der Waals surface area contributed by atoms with Crippen LogP contribution in [-0.2, 0) is 4.74 Å². The van der Waals surface area contributed by atoms with Crippen molar-refractivity contribution in [1.29, 1.82) is 0 Å². The van der Waals surface area contributed by atoms with Gasteiger partial charge in [-0.2, -0.15) is 8.78 Å². The van der Waals surface area contributed by atoms with Gasteiger partial charge in [0, 0.05) is 0 Å². The van der Waals surface area contributed by atoms with Gasteiger partial charge in [-0.15, -0.1) is 0 Å². The van der Waals surface area contributed by atoms with Gasteiger partial charge in [-0.05, 0) is 28.1 Å². The van der Waals surface area contributed by atoms with Crippen LogP contribution in [0.5, 0.6) is 5.75 Å². The van der Waals surface area contributed by atoms with E-state index in [0.29, 0.717) is 0 Å². The molecule has 7 heteroatoms. The van der Waals surface area contributed by atoms with Gasteiger partial charge < -0.3 is 9.47 Å². The van der Waals surface area contributed by atoms with Crippen LogP contribution in [-0.4, -0.2) is 19.7 Å². The number of benzene rings is 1. The number of halogens is 4. The standard InChI is InChI=1S/C9H6BrF3O3/c1-15-8(14)6-5(11)3-2-4(10)7(6)16-9(12)13/h2-3,9H,1H3. The largest absolute Gasteiger partial charge is 0.465 e. The third kappa shape index (κ3) is 2.66. The molecule has 0 fully saturated rings. The van der Waals surface area contributed by atoms with Gasteiger partial charge in [0.1, 0.15) is 11.4 Å². The fraction of sp³-hybridized carbons (Fsp3) is 0.222. The molecule has 0 bridgehead atoms. The van der Waals surface area contributed by atoms with Crippen LogP contribution in [0.2, 0.25) is 0 Å². The number of hydrogen-bond acceptors (Lipinski definition) is 3. The first-order valence-corrected chi connectivity index (χ1v) is 4.77. The first-order valence-electron chi connectivity index (χ1n) is 3.98. The van der Waals surface area contributed by atoms with Gasteiger partial charge in [0.15, 0.2) is 5.75 Å². The minimum absolute atomic E-state index is 0.0367. The number of rotatable bonds is 3. The molecule has 0 saturated heterocycles. The Balaban J connectivity index is 3.31. The molecule has 1 rings (SSSR count). The Morgan fingerprint density at radius 1 is 1.44 bits per heavy atom. The van der Waals surface area contributed by atoms with Crippen LogP contribution < -0.4 is 4.74 Å². The van der Waals surface area contributed by atoms with E-state index in [0.717, 1.165) is 19.2 Å². The normalized spacial score (nSPS) is 10.4. The van der Waals surface area contributed by atoms with Crippen LogP contribution in [0, 0.1) is 5.82 Å². The number of methoxy groups -OCH3 is 1. The highest BCUT2D eigenvalue weighted by atomic mass is 79.9. The Kier molecular flexibility index (Phi) is 4.17. The molecule has 0 heterocycles. The summed E-state index contributed by atoms with van der Waals surface area (Å²) in [5, 5.41) is 0. The maximum absolute atomic E-state index is 13.3. The Morgan fingerprint density at radius 2 is 2.06 bits per heavy atom. The van der Waals surface area contributed by atoms with Gasteiger partial charge >= 0.3 is 12.6 Å². The molecule has 0 aromatic heterocycles. The third-order valence-corrected chi connectivity index (χ3v) is 2.28. The van der Waals surface area contributed by atoms with E-state index >= 15 is 0 Å². The lowest BCUT2D eigenvalue weighted by Gasteiger charge is -2.11. The van der Waals surface area contributed by atoms with E-state index in [1.807, 2.05) is 0 Å². The highest BCUT2D eigenvalue weighted by molar-refractivity contribution is 9.10. The monoisotopic (exact) mass is 298 g/mol. The molecule has 0 aliphatic carbocycles. The predicted octanol–water partition coefficient (Wildman–Crippen LogP) is 2.98. The fourth-order valence-corrected chi connectivity index (χ4v) is 1.45. The van der Waals surface area contributed by atoms with E-state index in [9.17, 15) is 18.0 Å². The van der Waals surface area contributed by atoms with Crippen LogP contribution in [0.25, 0.3) is 0 Å². The highest BCUT2D eigenvalue weighted by Gasteiger charge is 2.23. The number of alkyl halides is 2. The molecular weight excluding hydrogens is 293 g/mol. The summed E-state index contributed by atoms with van der Waals surface area (Å²) in [7, 11) is 1.01. The van der Waals surface area contributed by atoms with Gasteiger partial charge in [-0.25, -0.2) is 9.18 Å². The second kappa shape index (κ2) is 5.20. The maximum atomic E-state index is 13.3. The lowest BCUT2D eigenvalue weighted by atomic mass is 10.2. The SMILES string of the molecule is COC(=O)c1c(F)ccc(Br)c1OC(F)F. The van der Waals surface area contributed by atoms with Gasteiger partial charge in [-0.3, -0.25) is 0 Å². The van der Waals surface area contributed by atoms with Gasteiger partial charge in [0.05, 0.1) is 11.6 Å². The zero-order valence-electron chi connectivity index (χ0n) is 7.97. The van der Waals surface area contributed by atoms with Crippen molar-refractivity contribution in [2.45, 2.75) is 6.61 Å². The quantitative estimate of drug-likeness (QED) is 0.805. The summed E-state index contributed by atoms with van der Waals surface area (Å²) in [4.78, 5) is 11.2. The van der Waals surface area contributed by atoms with Crippen LogP contribution in [0.1, 0.15) is 10.4 Å². The number of ether oxygens (including phenoxy) is 2. The Bertz CT molecular complexity index is 409. The van der Waals surface area contributed by atoms with E-state index in [4.69, 9.17) is 0 Å². The minimum Gasteiger partial charge on any atom is -0.465 e. The smallest absolute Gasteiger partial charge is 0.387 e. The van der Waals surface area contributed by atoms with E-state index in [2.05, 4.69) is 25.4 Å². The minimum atomic E-state index is -3.17. The fourth-order valence-electron chi connectivity index (χ4n) is 1.03. The number of carbonyl (C=O) groups excluding carboxylic acids is 1. The molecule has 0 saturated carbocycles. The zero-order chi connectivity index (χ0) is 12.3. The van der Waals surface area contributed by atoms with Crippen molar-refractivity contribution in [2.24, 2.45) is 0 Å². The molecule has 0 N–H and O–H groups in total. The second-order valence-electron chi connectivity index (χ2n) is 2.60. The maximum Gasteiger partial charge on any atom is 0.387 e. The van der Waals surface area contributed by atoms with Crippen molar-refractivity contribution in [2.75, 3.05) is 7.11 Å². The summed E-state index contributed by atoms with van der Waals surface area (Å²) < 4.78 is 45.8. The van der Waals surface area contributed by atoms with Crippen LogP contribution in [0.15, 0.2) is 16.6 Å². The number of hydrogen-bond donors (Lipinski definition) is 0. The van der Waals surface area contributed by atoms with Gasteiger partial charge in [0.2, 0.25) is 0 Å². The van der Waals surface area contributed by atoms with Crippen LogP contribution >= 0.6 is 15.9 Å². The lowest BCUT2D eigenvalue weighted by Crippen LogP contribution is -2.11. The van der Waals surface area contributed by atoms with E-state index < -0.39 is 29.7 Å². The third-order valence-electron chi connectivity index (χ3n) is 1.66. The summed E-state index contributed by atoms with van der Waals surface area (Å²) >= 11 is 2.87. The molecule has 88 valence electrons. The van der Waals surface area contributed by atoms with Crippen LogP contribution in [0.3, 0.4) is 0 Å². The Morgan fingerprint density at radius 3 is 2.56 bits per heavy atom. The number of esters is 1. The lowest BCUT2D eigenvalue weighted by molar-refractivity contribution is -0.0511. The Hall–Kier alpha value is -1.24. The molecule has 1 aromatic rings. The summed E-state index contributed by atoms with van der Waals surface area (Å²) in [6, 6.07) is 2.09. The zero-order valence-corrected chi connectivity index (χ0v) is 9.55. The van der Waals surface area contributed by atoms with E-state index in [1.54, 1.807) is 0 Å². The molecule has 0 aliphatic heterocycles. The van der Waals surface area contributed by atoms with E-state index in [-0.39, 0.29) is 4.47 Å². The Labute approximate surface area is 97.3 Å². The molecule has 1 aromatic carbocycles. The van der Waals surface area contributed by atoms with Crippen molar-refractivity contribution in [3.8, 4) is 5.75 Å². The molecular formula is C9H6BrF3O3. The predicted molar refractivity (Wildman–Crippen MR) is 52.1 cm³/mol. The van der Waals surface area contributed by atoms with Crippen molar-refractivity contribution < 1.29 is 27.4 Å². The van der Waals surface area contributed by atoms with Crippen molar-refractivity contribution >= 4 is 21.9 Å². The molecule has 3 nitrogen and oxygen atoms in total. The van der Waals surface area contributed by atoms with Crippen molar-refractivity contribution in [3.63, 3.8) is 0 Å². The molecule has 0 unspecified atom stereocenters. The highest BCUT2D eigenvalue weighted by Crippen LogP contribution is 2.32. The van der Waals surface area contributed by atoms with Crippen molar-refractivity contribution in [1.82, 2.24) is 0 Å². The van der Waals surface area contributed by atoms with Gasteiger partial charge in [-0.1, -0.05) is 0 Å². The van der Waals surface area contributed by atoms with Crippen molar-refractivity contribution in [3.05, 3.63) is 28.0 Å². The average molecular weight is 299 g/mol. The molecule has 0 atom stereocenters. The molecule has 0 radical (unpaired) electrons. The van der Waals surface area contributed by atoms with E-state index in [1.165, 1.54) is 0 Å². The molecule has 0 amide bonds. The summed E-state index contributed by atoms with van der Waals surface area (Å²) in [6.07, 6.45) is 0. The second-order valence-corrected chi connectivity index (χ2v) is 3.46. The van der Waals surface area contributed by atoms with Crippen LogP contribution in [0.4, 0.5) is 13.2 Å². The summed E-state index contributed by atoms with van der Waals surface area (Å²) in [5.41, 5.74) is -0.669.